The lowest BCUT2D eigenvalue weighted by atomic mass is 10.3. The summed E-state index contributed by atoms with van der Waals surface area (Å²) < 4.78 is 5.19. The zero-order valence-electron chi connectivity index (χ0n) is 12.6. The molecule has 0 aromatic carbocycles. The van der Waals surface area contributed by atoms with Crippen molar-refractivity contribution in [2.45, 2.75) is 13.3 Å². The van der Waals surface area contributed by atoms with Crippen LogP contribution in [0.3, 0.4) is 0 Å². The largest absolute Gasteiger partial charge is 0.369 e. The molecular weight excluding hydrogens is 284 g/mol. The van der Waals surface area contributed by atoms with Crippen LogP contribution >= 0.6 is 0 Å². The van der Waals surface area contributed by atoms with Crippen LogP contribution < -0.4 is 5.73 Å². The van der Waals surface area contributed by atoms with Crippen LogP contribution in [-0.2, 0) is 25.3 Å². The molecule has 22 heavy (non-hydrogen) atoms. The van der Waals surface area contributed by atoms with Crippen molar-refractivity contribution in [3.63, 3.8) is 0 Å². The van der Waals surface area contributed by atoms with Gasteiger partial charge in [0.2, 0.25) is 5.91 Å². The lowest BCUT2D eigenvalue weighted by molar-refractivity contribution is -0.117. The highest BCUT2D eigenvalue weighted by Gasteiger charge is 2.20. The number of aromatic nitrogens is 7. The molecule has 0 spiro atoms. The highest BCUT2D eigenvalue weighted by Crippen LogP contribution is 2.23. The van der Waals surface area contributed by atoms with Gasteiger partial charge in [0.15, 0.2) is 17.5 Å². The second-order valence-electron chi connectivity index (χ2n) is 5.01. The molecule has 0 unspecified atom stereocenters. The Balaban J connectivity index is 2.22. The molecule has 2 N–H and O–H groups in total. The molecule has 0 atom stereocenters. The maximum atomic E-state index is 11.2. The van der Waals surface area contributed by atoms with Crippen LogP contribution in [0.25, 0.3) is 17.3 Å². The molecule has 3 aromatic heterocycles. The van der Waals surface area contributed by atoms with Crippen molar-refractivity contribution >= 4 is 5.91 Å². The quantitative estimate of drug-likeness (QED) is 0.713. The smallest absolute Gasteiger partial charge is 0.225 e. The van der Waals surface area contributed by atoms with Gasteiger partial charge in [-0.25, -0.2) is 9.97 Å². The van der Waals surface area contributed by atoms with Gasteiger partial charge in [0.05, 0.1) is 24.6 Å². The number of hydrogen-bond donors (Lipinski definition) is 1. The van der Waals surface area contributed by atoms with E-state index in [0.717, 1.165) is 17.2 Å². The minimum Gasteiger partial charge on any atom is -0.369 e. The first-order valence-corrected chi connectivity index (χ1v) is 6.68. The molecule has 3 heterocycles. The number of primary amides is 1. The van der Waals surface area contributed by atoms with Crippen molar-refractivity contribution in [1.29, 1.82) is 0 Å². The van der Waals surface area contributed by atoms with Crippen LogP contribution in [0.5, 0.6) is 0 Å². The Morgan fingerprint density at radius 2 is 2.14 bits per heavy atom. The number of hydrogen-bond acceptors (Lipinski definition) is 5. The molecule has 9 heteroatoms. The fourth-order valence-corrected chi connectivity index (χ4v) is 2.34. The number of rotatable bonds is 4. The number of aryl methyl sites for hydroxylation is 3. The van der Waals surface area contributed by atoms with E-state index in [0.29, 0.717) is 11.6 Å². The van der Waals surface area contributed by atoms with Crippen molar-refractivity contribution in [2.75, 3.05) is 0 Å². The van der Waals surface area contributed by atoms with Crippen LogP contribution in [0.1, 0.15) is 11.5 Å². The predicted octanol–water partition coefficient (Wildman–Crippen LogP) is -0.262. The van der Waals surface area contributed by atoms with E-state index in [9.17, 15) is 4.79 Å². The Hall–Kier alpha value is -2.97. The number of amides is 1. The standard InChI is InChI=1S/C13H16N8O/c1-8-12(19(2)7-15-8)13-17-10(6-9(14)22)18-21(13)11-4-5-16-20(11)3/h4-5,7H,6H2,1-3H3,(H2,14,22). The second-order valence-corrected chi connectivity index (χ2v) is 5.01. The number of nitrogens with zero attached hydrogens (tertiary/aromatic N) is 7. The van der Waals surface area contributed by atoms with E-state index < -0.39 is 5.91 Å². The van der Waals surface area contributed by atoms with Gasteiger partial charge in [-0.15, -0.1) is 5.10 Å². The molecule has 0 bridgehead atoms. The maximum absolute atomic E-state index is 11.2. The number of carbonyl (C=O) groups is 1. The van der Waals surface area contributed by atoms with Crippen molar-refractivity contribution in [2.24, 2.45) is 19.8 Å². The summed E-state index contributed by atoms with van der Waals surface area (Å²) in [5, 5.41) is 8.54. The first-order chi connectivity index (χ1) is 10.5. The van der Waals surface area contributed by atoms with Gasteiger partial charge in [-0.2, -0.15) is 9.78 Å². The SMILES string of the molecule is Cc1ncn(C)c1-c1nc(CC(N)=O)nn1-c1ccnn1C. The summed E-state index contributed by atoms with van der Waals surface area (Å²) in [7, 11) is 3.69. The molecule has 0 saturated carbocycles. The van der Waals surface area contributed by atoms with Gasteiger partial charge in [-0.05, 0) is 6.92 Å². The molecule has 3 aromatic rings. The summed E-state index contributed by atoms with van der Waals surface area (Å²) in [6.45, 7) is 1.89. The fourth-order valence-electron chi connectivity index (χ4n) is 2.34. The molecular formula is C13H16N8O. The first kappa shape index (κ1) is 14.0. The van der Waals surface area contributed by atoms with Crippen LogP contribution in [0.15, 0.2) is 18.6 Å². The number of imidazole rings is 1. The molecule has 9 nitrogen and oxygen atoms in total. The Morgan fingerprint density at radius 3 is 2.68 bits per heavy atom. The van der Waals surface area contributed by atoms with Crippen LogP contribution in [0.4, 0.5) is 0 Å². The highest BCUT2D eigenvalue weighted by atomic mass is 16.1. The molecule has 0 fully saturated rings. The van der Waals surface area contributed by atoms with Crippen molar-refractivity contribution in [1.82, 2.24) is 34.1 Å². The lowest BCUT2D eigenvalue weighted by Crippen LogP contribution is -2.15. The molecule has 0 aliphatic carbocycles. The Labute approximate surface area is 126 Å². The Kier molecular flexibility index (Phi) is 3.24. The summed E-state index contributed by atoms with van der Waals surface area (Å²) in [6, 6.07) is 1.82. The zero-order chi connectivity index (χ0) is 15.9. The molecule has 1 amide bonds. The summed E-state index contributed by atoms with van der Waals surface area (Å²) in [5.41, 5.74) is 6.89. The summed E-state index contributed by atoms with van der Waals surface area (Å²) >= 11 is 0. The van der Waals surface area contributed by atoms with E-state index in [1.807, 2.05) is 31.7 Å². The molecule has 0 saturated heterocycles. The average molecular weight is 300 g/mol. The van der Waals surface area contributed by atoms with Gasteiger partial charge in [-0.3, -0.25) is 9.48 Å². The molecule has 0 aliphatic heterocycles. The Morgan fingerprint density at radius 1 is 1.36 bits per heavy atom. The fraction of sp³-hybridized carbons (Fsp3) is 0.308. The van der Waals surface area contributed by atoms with Gasteiger partial charge in [-0.1, -0.05) is 0 Å². The third-order valence-electron chi connectivity index (χ3n) is 3.33. The van der Waals surface area contributed by atoms with E-state index in [4.69, 9.17) is 5.73 Å². The third-order valence-corrected chi connectivity index (χ3v) is 3.33. The minimum atomic E-state index is -0.476. The van der Waals surface area contributed by atoms with Crippen LogP contribution in [0.2, 0.25) is 0 Å². The average Bonchev–Trinajstić information content (AvgIpc) is 3.10. The highest BCUT2D eigenvalue weighted by molar-refractivity contribution is 5.75. The minimum absolute atomic E-state index is 0.0191. The normalized spacial score (nSPS) is 11.0. The summed E-state index contributed by atoms with van der Waals surface area (Å²) in [4.78, 5) is 19.9. The van der Waals surface area contributed by atoms with E-state index in [1.165, 1.54) is 0 Å². The van der Waals surface area contributed by atoms with Crippen molar-refractivity contribution in [3.8, 4) is 17.3 Å². The van der Waals surface area contributed by atoms with Gasteiger partial charge < -0.3 is 10.3 Å². The van der Waals surface area contributed by atoms with Crippen molar-refractivity contribution in [3.05, 3.63) is 30.1 Å². The molecule has 114 valence electrons. The number of carbonyl (C=O) groups excluding carboxylic acids is 1. The number of nitrogens with two attached hydrogens (primary N) is 1. The van der Waals surface area contributed by atoms with Gasteiger partial charge in [0.1, 0.15) is 5.69 Å². The van der Waals surface area contributed by atoms with E-state index >= 15 is 0 Å². The predicted molar refractivity (Wildman–Crippen MR) is 78.0 cm³/mol. The lowest BCUT2D eigenvalue weighted by Gasteiger charge is -2.07. The molecule has 0 aliphatic rings. The van der Waals surface area contributed by atoms with Crippen LogP contribution in [0, 0.1) is 6.92 Å². The van der Waals surface area contributed by atoms with Crippen LogP contribution in [-0.4, -0.2) is 40.0 Å². The zero-order valence-corrected chi connectivity index (χ0v) is 12.6. The topological polar surface area (TPSA) is 109 Å². The van der Waals surface area contributed by atoms with Gasteiger partial charge in [0, 0.05) is 20.2 Å². The van der Waals surface area contributed by atoms with Gasteiger partial charge >= 0.3 is 0 Å². The van der Waals surface area contributed by atoms with Crippen molar-refractivity contribution < 1.29 is 4.79 Å². The van der Waals surface area contributed by atoms with Gasteiger partial charge in [0.25, 0.3) is 0 Å². The van der Waals surface area contributed by atoms with E-state index in [2.05, 4.69) is 20.2 Å². The monoisotopic (exact) mass is 300 g/mol. The molecule has 3 rings (SSSR count). The van der Waals surface area contributed by atoms with E-state index in [1.54, 1.807) is 21.9 Å². The summed E-state index contributed by atoms with van der Waals surface area (Å²) in [6.07, 6.45) is 3.36. The third kappa shape index (κ3) is 2.26. The first-order valence-electron chi connectivity index (χ1n) is 6.68. The molecule has 0 radical (unpaired) electrons. The van der Waals surface area contributed by atoms with E-state index in [-0.39, 0.29) is 6.42 Å². The second kappa shape index (κ2) is 5.10. The maximum Gasteiger partial charge on any atom is 0.225 e. The summed E-state index contributed by atoms with van der Waals surface area (Å²) in [5.74, 6) is 1.22. The Bertz CT molecular complexity index is 821.